The van der Waals surface area contributed by atoms with Gasteiger partial charge in [0, 0.05) is 25.1 Å². The predicted octanol–water partition coefficient (Wildman–Crippen LogP) is 4.23. The maximum Gasteiger partial charge on any atom is 0.330 e. The maximum atomic E-state index is 12.7. The highest BCUT2D eigenvalue weighted by Crippen LogP contribution is 2.23. The van der Waals surface area contributed by atoms with Gasteiger partial charge in [0.2, 0.25) is 11.8 Å². The summed E-state index contributed by atoms with van der Waals surface area (Å²) in [6.45, 7) is 5.02. The summed E-state index contributed by atoms with van der Waals surface area (Å²) in [5.41, 5.74) is 8.55. The summed E-state index contributed by atoms with van der Waals surface area (Å²) < 4.78 is 16.3. The molecule has 0 aliphatic rings. The molecule has 208 valence electrons. The van der Waals surface area contributed by atoms with Crippen LogP contribution in [-0.4, -0.2) is 42.7 Å². The van der Waals surface area contributed by atoms with E-state index in [2.05, 4.69) is 29.5 Å². The summed E-state index contributed by atoms with van der Waals surface area (Å²) >= 11 is 0. The van der Waals surface area contributed by atoms with E-state index in [1.807, 2.05) is 66.7 Å². The largest absolute Gasteiger partial charge is 0.467 e. The van der Waals surface area contributed by atoms with Crippen molar-refractivity contribution in [2.24, 2.45) is 5.92 Å². The molecule has 0 radical (unpaired) electrons. The Balaban J connectivity index is 1.51. The Labute approximate surface area is 230 Å². The topological polar surface area (TPSA) is 125 Å². The number of ether oxygens (including phenoxy) is 3. The summed E-state index contributed by atoms with van der Waals surface area (Å²) in [5.74, 6) is 0.609. The number of nitrogens with two attached hydrogens (primary N) is 1. The molecule has 2 aromatic carbocycles. The lowest BCUT2D eigenvalue weighted by atomic mass is 9.98. The van der Waals surface area contributed by atoms with Gasteiger partial charge in [-0.1, -0.05) is 62.4 Å². The van der Waals surface area contributed by atoms with Crippen LogP contribution in [0.5, 0.6) is 11.6 Å². The Bertz CT molecular complexity index is 1170. The molecule has 9 heteroatoms. The second kappa shape index (κ2) is 15.5. The zero-order valence-electron chi connectivity index (χ0n) is 22.8. The van der Waals surface area contributed by atoms with Crippen LogP contribution in [0.1, 0.15) is 37.8 Å². The quantitative estimate of drug-likeness (QED) is 0.248. The van der Waals surface area contributed by atoms with Crippen LogP contribution in [0, 0.1) is 5.92 Å². The van der Waals surface area contributed by atoms with E-state index in [1.165, 1.54) is 7.11 Å². The van der Waals surface area contributed by atoms with Crippen molar-refractivity contribution in [1.82, 2.24) is 15.6 Å². The van der Waals surface area contributed by atoms with Gasteiger partial charge >= 0.3 is 5.97 Å². The lowest BCUT2D eigenvalue weighted by Crippen LogP contribution is -2.45. The molecular formula is C30H38N4O5. The molecule has 0 aliphatic carbocycles. The standard InChI is InChI=1S/C30H38N4O5/c1-21(2)26(32-17-23-16-29(33-18-25(23)31)39-24-12-8-5-9-13-24)14-15-28(35)34-27(30(36)37-3)20-38-19-22-10-6-4-7-11-22/h4-13,16,18,21,26-27,32H,14-15,17,19-20,31H2,1-3H3,(H,34,35)/t26-,27?/m0/s1. The van der Waals surface area contributed by atoms with Gasteiger partial charge in [-0.05, 0) is 35.6 Å². The van der Waals surface area contributed by atoms with Gasteiger partial charge in [0.1, 0.15) is 5.75 Å². The number of anilines is 1. The molecule has 0 bridgehead atoms. The summed E-state index contributed by atoms with van der Waals surface area (Å²) in [4.78, 5) is 29.2. The van der Waals surface area contributed by atoms with Gasteiger partial charge in [0.25, 0.3) is 0 Å². The minimum atomic E-state index is -0.878. The second-order valence-electron chi connectivity index (χ2n) is 9.55. The molecule has 39 heavy (non-hydrogen) atoms. The fourth-order valence-electron chi connectivity index (χ4n) is 3.95. The highest BCUT2D eigenvalue weighted by Gasteiger charge is 2.23. The van der Waals surface area contributed by atoms with Gasteiger partial charge in [0.05, 0.1) is 32.2 Å². The number of pyridine rings is 1. The van der Waals surface area contributed by atoms with E-state index >= 15 is 0 Å². The normalized spacial score (nSPS) is 12.5. The van der Waals surface area contributed by atoms with E-state index in [-0.39, 0.29) is 30.9 Å². The van der Waals surface area contributed by atoms with E-state index < -0.39 is 12.0 Å². The van der Waals surface area contributed by atoms with Crippen molar-refractivity contribution in [1.29, 1.82) is 0 Å². The smallest absolute Gasteiger partial charge is 0.330 e. The molecular weight excluding hydrogens is 496 g/mol. The van der Waals surface area contributed by atoms with E-state index in [0.29, 0.717) is 36.9 Å². The number of benzene rings is 2. The summed E-state index contributed by atoms with van der Waals surface area (Å²) in [7, 11) is 1.29. The average molecular weight is 535 g/mol. The Kier molecular flexibility index (Phi) is 11.7. The highest BCUT2D eigenvalue weighted by atomic mass is 16.5. The number of rotatable bonds is 15. The van der Waals surface area contributed by atoms with Crippen molar-refractivity contribution in [3.8, 4) is 11.6 Å². The molecule has 2 atom stereocenters. The lowest BCUT2D eigenvalue weighted by molar-refractivity contribution is -0.147. The number of hydrogen-bond donors (Lipinski definition) is 3. The van der Waals surface area contributed by atoms with Crippen LogP contribution in [0.3, 0.4) is 0 Å². The van der Waals surface area contributed by atoms with Crippen LogP contribution in [0.15, 0.2) is 72.9 Å². The monoisotopic (exact) mass is 534 g/mol. The van der Waals surface area contributed by atoms with Gasteiger partial charge < -0.3 is 30.6 Å². The number of para-hydroxylation sites is 1. The fourth-order valence-corrected chi connectivity index (χ4v) is 3.95. The van der Waals surface area contributed by atoms with Gasteiger partial charge in [-0.2, -0.15) is 0 Å². The Morgan fingerprint density at radius 2 is 1.72 bits per heavy atom. The first kappa shape index (κ1) is 29.6. The summed E-state index contributed by atoms with van der Waals surface area (Å²) in [5, 5.41) is 6.25. The summed E-state index contributed by atoms with van der Waals surface area (Å²) in [6, 6.07) is 20.0. The predicted molar refractivity (Wildman–Crippen MR) is 150 cm³/mol. The van der Waals surface area contributed by atoms with Crippen LogP contribution >= 0.6 is 0 Å². The number of nitrogens with zero attached hydrogens (tertiary/aromatic N) is 1. The minimum Gasteiger partial charge on any atom is -0.467 e. The molecule has 3 rings (SSSR count). The van der Waals surface area contributed by atoms with Crippen molar-refractivity contribution in [3.63, 3.8) is 0 Å². The van der Waals surface area contributed by atoms with E-state index in [4.69, 9.17) is 19.9 Å². The molecule has 1 unspecified atom stereocenters. The molecule has 4 N–H and O–H groups in total. The van der Waals surface area contributed by atoms with Crippen LogP contribution in [-0.2, 0) is 32.2 Å². The number of hydrogen-bond acceptors (Lipinski definition) is 8. The second-order valence-corrected chi connectivity index (χ2v) is 9.55. The number of methoxy groups -OCH3 is 1. The molecule has 0 saturated carbocycles. The van der Waals surface area contributed by atoms with Crippen molar-refractivity contribution < 1.29 is 23.8 Å². The van der Waals surface area contributed by atoms with Crippen molar-refractivity contribution in [2.75, 3.05) is 19.5 Å². The number of amides is 1. The third-order valence-corrected chi connectivity index (χ3v) is 6.22. The van der Waals surface area contributed by atoms with Gasteiger partial charge in [0.15, 0.2) is 6.04 Å². The van der Waals surface area contributed by atoms with Gasteiger partial charge in [-0.3, -0.25) is 4.79 Å². The fraction of sp³-hybridized carbons (Fsp3) is 0.367. The van der Waals surface area contributed by atoms with E-state index in [1.54, 1.807) is 6.20 Å². The molecule has 1 heterocycles. The third-order valence-electron chi connectivity index (χ3n) is 6.22. The number of carbonyl (C=O) groups is 2. The SMILES string of the molecule is COC(=O)C(COCc1ccccc1)NC(=O)CC[C@H](NCc1cc(Oc2ccccc2)ncc1N)C(C)C. The Morgan fingerprint density at radius 1 is 1.03 bits per heavy atom. The summed E-state index contributed by atoms with van der Waals surface area (Å²) in [6.07, 6.45) is 2.39. The Morgan fingerprint density at radius 3 is 2.38 bits per heavy atom. The zero-order chi connectivity index (χ0) is 28.0. The zero-order valence-corrected chi connectivity index (χ0v) is 22.8. The number of nitrogen functional groups attached to an aromatic ring is 1. The number of esters is 1. The first-order chi connectivity index (χ1) is 18.9. The number of carbonyl (C=O) groups excluding carboxylic acids is 2. The minimum absolute atomic E-state index is 0.0217. The number of aromatic nitrogens is 1. The molecule has 0 fully saturated rings. The van der Waals surface area contributed by atoms with Crippen molar-refractivity contribution in [2.45, 2.75) is 51.9 Å². The first-order valence-corrected chi connectivity index (χ1v) is 13.0. The van der Waals surface area contributed by atoms with E-state index in [9.17, 15) is 9.59 Å². The highest BCUT2D eigenvalue weighted by molar-refractivity contribution is 5.84. The van der Waals surface area contributed by atoms with Gasteiger partial charge in [-0.15, -0.1) is 0 Å². The third kappa shape index (κ3) is 10.0. The van der Waals surface area contributed by atoms with Gasteiger partial charge in [-0.25, -0.2) is 9.78 Å². The Hall–Kier alpha value is -3.95. The van der Waals surface area contributed by atoms with Crippen LogP contribution in [0.25, 0.3) is 0 Å². The molecule has 3 aromatic rings. The molecule has 0 saturated heterocycles. The first-order valence-electron chi connectivity index (χ1n) is 13.0. The van der Waals surface area contributed by atoms with E-state index in [0.717, 1.165) is 11.1 Å². The number of nitrogens with one attached hydrogen (secondary N) is 2. The van der Waals surface area contributed by atoms with Crippen LogP contribution in [0.2, 0.25) is 0 Å². The lowest BCUT2D eigenvalue weighted by Gasteiger charge is -2.23. The molecule has 1 amide bonds. The maximum absolute atomic E-state index is 12.7. The van der Waals surface area contributed by atoms with Crippen molar-refractivity contribution >= 4 is 17.6 Å². The van der Waals surface area contributed by atoms with Crippen LogP contribution < -0.4 is 21.1 Å². The molecule has 0 aliphatic heterocycles. The molecule has 1 aromatic heterocycles. The molecule has 9 nitrogen and oxygen atoms in total. The molecule has 0 spiro atoms. The average Bonchev–Trinajstić information content (AvgIpc) is 2.94. The van der Waals surface area contributed by atoms with Crippen molar-refractivity contribution in [3.05, 3.63) is 84.1 Å². The van der Waals surface area contributed by atoms with Crippen LogP contribution in [0.4, 0.5) is 5.69 Å².